The largest absolute Gasteiger partial charge is 0.358 e. The number of nitriles is 1. The van der Waals surface area contributed by atoms with Crippen molar-refractivity contribution in [2.75, 3.05) is 0 Å². The van der Waals surface area contributed by atoms with Gasteiger partial charge in [-0.15, -0.1) is 0 Å². The standard InChI is InChI=1S/C27H24N4O4S/c1-16-4-6-20(7-5-16)36(33,34)35-26-21-8-9-22-17(2)23(32)19(15-28)14-27(22,3)24(21)30-25(31-26)18-10-12-29-13-11-18/h4-7,10-14,17,22H,8-9H2,1-3H3. The summed E-state index contributed by atoms with van der Waals surface area (Å²) in [5.41, 5.74) is 2.02. The molecule has 0 saturated heterocycles. The van der Waals surface area contributed by atoms with E-state index in [1.165, 1.54) is 12.1 Å². The maximum absolute atomic E-state index is 13.2. The van der Waals surface area contributed by atoms with Crippen molar-refractivity contribution in [3.8, 4) is 23.3 Å². The van der Waals surface area contributed by atoms with Crippen LogP contribution < -0.4 is 4.18 Å². The van der Waals surface area contributed by atoms with E-state index >= 15 is 0 Å². The number of pyridine rings is 1. The van der Waals surface area contributed by atoms with Crippen LogP contribution in [0, 0.1) is 30.1 Å². The van der Waals surface area contributed by atoms with Gasteiger partial charge in [-0.25, -0.2) is 4.98 Å². The van der Waals surface area contributed by atoms with Gasteiger partial charge in [-0.2, -0.15) is 18.7 Å². The summed E-state index contributed by atoms with van der Waals surface area (Å²) in [5, 5.41) is 9.63. The van der Waals surface area contributed by atoms with Crippen LogP contribution in [0.4, 0.5) is 0 Å². The lowest BCUT2D eigenvalue weighted by atomic mass is 9.58. The molecule has 1 aromatic carbocycles. The van der Waals surface area contributed by atoms with Crippen LogP contribution in [-0.2, 0) is 26.7 Å². The van der Waals surface area contributed by atoms with E-state index < -0.39 is 15.5 Å². The van der Waals surface area contributed by atoms with Gasteiger partial charge < -0.3 is 4.18 Å². The van der Waals surface area contributed by atoms with Crippen molar-refractivity contribution in [1.82, 2.24) is 15.0 Å². The smallest absolute Gasteiger partial charge is 0.340 e. The maximum Gasteiger partial charge on any atom is 0.340 e. The number of rotatable bonds is 4. The fourth-order valence-electron chi connectivity index (χ4n) is 5.30. The van der Waals surface area contributed by atoms with E-state index in [4.69, 9.17) is 9.17 Å². The summed E-state index contributed by atoms with van der Waals surface area (Å²) < 4.78 is 32.1. The highest BCUT2D eigenvalue weighted by Crippen LogP contribution is 2.51. The lowest BCUT2D eigenvalue weighted by Crippen LogP contribution is -2.46. The fourth-order valence-corrected chi connectivity index (χ4v) is 6.21. The number of benzene rings is 1. The van der Waals surface area contributed by atoms with Gasteiger partial charge in [-0.3, -0.25) is 9.78 Å². The SMILES string of the molecule is Cc1ccc(S(=O)(=O)Oc2nc(-c3ccncc3)nc3c2CCC2C(C)C(=O)C(C#N)=CC32C)cc1. The van der Waals surface area contributed by atoms with E-state index in [-0.39, 0.29) is 39.8 Å². The first-order chi connectivity index (χ1) is 17.1. The Kier molecular flexibility index (Phi) is 5.72. The molecule has 0 fully saturated rings. The molecule has 36 heavy (non-hydrogen) atoms. The minimum Gasteiger partial charge on any atom is -0.358 e. The van der Waals surface area contributed by atoms with Gasteiger partial charge >= 0.3 is 10.1 Å². The average Bonchev–Trinajstić information content (AvgIpc) is 2.87. The Morgan fingerprint density at radius 1 is 1.11 bits per heavy atom. The summed E-state index contributed by atoms with van der Waals surface area (Å²) in [6.45, 7) is 5.65. The zero-order chi connectivity index (χ0) is 25.7. The van der Waals surface area contributed by atoms with Crippen molar-refractivity contribution in [2.24, 2.45) is 11.8 Å². The van der Waals surface area contributed by atoms with Gasteiger partial charge in [0.2, 0.25) is 5.88 Å². The highest BCUT2D eigenvalue weighted by molar-refractivity contribution is 7.87. The monoisotopic (exact) mass is 500 g/mol. The number of hydrogen-bond donors (Lipinski definition) is 0. The van der Waals surface area contributed by atoms with Gasteiger partial charge in [0.25, 0.3) is 0 Å². The minimum absolute atomic E-state index is 0.0226. The number of hydrogen-bond acceptors (Lipinski definition) is 8. The van der Waals surface area contributed by atoms with E-state index in [1.807, 2.05) is 26.8 Å². The van der Waals surface area contributed by atoms with Gasteiger partial charge in [0, 0.05) is 34.9 Å². The van der Waals surface area contributed by atoms with Gasteiger partial charge in [-0.05, 0) is 49.9 Å². The van der Waals surface area contributed by atoms with Crippen LogP contribution in [0.5, 0.6) is 5.88 Å². The molecular weight excluding hydrogens is 476 g/mol. The number of carbonyl (C=O) groups excluding carboxylic acids is 1. The minimum atomic E-state index is -4.17. The second-order valence-corrected chi connectivity index (χ2v) is 11.1. The van der Waals surface area contributed by atoms with Crippen molar-refractivity contribution in [1.29, 1.82) is 5.26 Å². The van der Waals surface area contributed by atoms with E-state index in [0.717, 1.165) is 5.56 Å². The van der Waals surface area contributed by atoms with E-state index in [2.05, 4.69) is 9.97 Å². The van der Waals surface area contributed by atoms with Crippen molar-refractivity contribution < 1.29 is 17.4 Å². The Balaban J connectivity index is 1.72. The van der Waals surface area contributed by atoms with Crippen LogP contribution in [0.3, 0.4) is 0 Å². The number of aromatic nitrogens is 3. The molecule has 0 bridgehead atoms. The molecule has 3 aromatic rings. The van der Waals surface area contributed by atoms with E-state index in [1.54, 1.807) is 42.7 Å². The second kappa shape index (κ2) is 8.64. The first-order valence-corrected chi connectivity index (χ1v) is 13.0. The van der Waals surface area contributed by atoms with Crippen molar-refractivity contribution >= 4 is 15.9 Å². The molecule has 182 valence electrons. The summed E-state index contributed by atoms with van der Waals surface area (Å²) in [5.74, 6) is -0.406. The summed E-state index contributed by atoms with van der Waals surface area (Å²) in [6.07, 6.45) is 5.92. The molecule has 3 atom stereocenters. The molecule has 0 aliphatic heterocycles. The normalized spacial score (nSPS) is 23.2. The van der Waals surface area contributed by atoms with Crippen LogP contribution in [0.15, 0.2) is 65.3 Å². The Morgan fingerprint density at radius 2 is 1.81 bits per heavy atom. The van der Waals surface area contributed by atoms with E-state index in [0.29, 0.717) is 29.7 Å². The van der Waals surface area contributed by atoms with Crippen LogP contribution in [0.1, 0.15) is 37.1 Å². The Bertz CT molecular complexity index is 1540. The third-order valence-electron chi connectivity index (χ3n) is 7.24. The predicted octanol–water partition coefficient (Wildman–Crippen LogP) is 4.10. The number of aryl methyl sites for hydroxylation is 1. The van der Waals surface area contributed by atoms with Gasteiger partial charge in [-0.1, -0.05) is 37.6 Å². The zero-order valence-electron chi connectivity index (χ0n) is 20.1. The highest BCUT2D eigenvalue weighted by Gasteiger charge is 2.50. The topological polar surface area (TPSA) is 123 Å². The van der Waals surface area contributed by atoms with Crippen molar-refractivity contribution in [3.05, 3.63) is 77.3 Å². The molecule has 3 unspecified atom stereocenters. The van der Waals surface area contributed by atoms with Gasteiger partial charge in [0.1, 0.15) is 11.0 Å². The fraction of sp³-hybridized carbons (Fsp3) is 0.296. The molecule has 2 aliphatic rings. The molecule has 0 saturated carbocycles. The number of fused-ring (bicyclic) bond motifs is 3. The lowest BCUT2D eigenvalue weighted by molar-refractivity contribution is -0.121. The number of Topliss-reactive ketones (excluding diaryl/α,β-unsaturated/α-hetero) is 1. The predicted molar refractivity (Wildman–Crippen MR) is 131 cm³/mol. The molecule has 5 rings (SSSR count). The number of allylic oxidation sites excluding steroid dienone is 2. The summed E-state index contributed by atoms with van der Waals surface area (Å²) in [4.78, 5) is 26.2. The van der Waals surface area contributed by atoms with Gasteiger partial charge in [0.05, 0.1) is 11.3 Å². The first kappa shape index (κ1) is 23.8. The molecule has 0 amide bonds. The zero-order valence-corrected chi connectivity index (χ0v) is 20.9. The van der Waals surface area contributed by atoms with Gasteiger partial charge in [0.15, 0.2) is 11.6 Å². The summed E-state index contributed by atoms with van der Waals surface area (Å²) in [6, 6.07) is 11.9. The quantitative estimate of drug-likeness (QED) is 0.491. The summed E-state index contributed by atoms with van der Waals surface area (Å²) >= 11 is 0. The number of nitrogens with zero attached hydrogens (tertiary/aromatic N) is 4. The number of carbonyl (C=O) groups is 1. The maximum atomic E-state index is 13.2. The third-order valence-corrected chi connectivity index (χ3v) is 8.47. The Morgan fingerprint density at radius 3 is 2.47 bits per heavy atom. The molecule has 0 radical (unpaired) electrons. The third kappa shape index (κ3) is 3.88. The molecule has 2 heterocycles. The molecule has 9 heteroatoms. The van der Waals surface area contributed by atoms with E-state index in [9.17, 15) is 18.5 Å². The second-order valence-electron chi connectivity index (χ2n) is 9.52. The Hall–Kier alpha value is -3.90. The molecule has 0 N–H and O–H groups in total. The molecule has 8 nitrogen and oxygen atoms in total. The van der Waals surface area contributed by atoms with Crippen LogP contribution in [0.2, 0.25) is 0 Å². The average molecular weight is 501 g/mol. The molecular formula is C27H24N4O4S. The molecule has 2 aromatic heterocycles. The lowest BCUT2D eigenvalue weighted by Gasteiger charge is -2.45. The molecule has 2 aliphatic carbocycles. The first-order valence-electron chi connectivity index (χ1n) is 11.6. The highest BCUT2D eigenvalue weighted by atomic mass is 32.2. The van der Waals surface area contributed by atoms with Crippen molar-refractivity contribution in [3.63, 3.8) is 0 Å². The summed E-state index contributed by atoms with van der Waals surface area (Å²) in [7, 11) is -4.17. The molecule has 0 spiro atoms. The van der Waals surface area contributed by atoms with Crippen LogP contribution >= 0.6 is 0 Å². The van der Waals surface area contributed by atoms with Crippen LogP contribution in [0.25, 0.3) is 11.4 Å². The Labute approximate surface area is 209 Å². The van der Waals surface area contributed by atoms with Crippen LogP contribution in [-0.4, -0.2) is 29.2 Å². The van der Waals surface area contributed by atoms with Crippen molar-refractivity contribution in [2.45, 2.75) is 43.9 Å². The number of ketones is 1.